The molecular weight excluding hydrogens is 266 g/mol. The fourth-order valence-electron chi connectivity index (χ4n) is 3.00. The van der Waals surface area contributed by atoms with Crippen molar-refractivity contribution in [3.05, 3.63) is 35.4 Å². The van der Waals surface area contributed by atoms with Gasteiger partial charge in [0.2, 0.25) is 5.91 Å². The van der Waals surface area contributed by atoms with Gasteiger partial charge in [0.15, 0.2) is 0 Å². The average Bonchev–Trinajstić information content (AvgIpc) is 2.45. The molecule has 1 atom stereocenters. The first-order valence-electron chi connectivity index (χ1n) is 7.53. The molecule has 114 valence electrons. The molecule has 1 amide bonds. The summed E-state index contributed by atoms with van der Waals surface area (Å²) >= 11 is 0. The first-order valence-corrected chi connectivity index (χ1v) is 7.53. The number of aryl methyl sites for hydroxylation is 2. The van der Waals surface area contributed by atoms with Gasteiger partial charge in [-0.05, 0) is 45.1 Å². The van der Waals surface area contributed by atoms with Crippen molar-refractivity contribution >= 4 is 11.9 Å². The lowest BCUT2D eigenvalue weighted by Crippen LogP contribution is -2.57. The SMILES string of the molecule is Cc1cccc(CCC(=O)N2CCCCC2(C)C(=O)O)c1. The van der Waals surface area contributed by atoms with E-state index in [4.69, 9.17) is 0 Å². The van der Waals surface area contributed by atoms with Crippen LogP contribution in [0, 0.1) is 6.92 Å². The number of rotatable bonds is 4. The molecule has 2 rings (SSSR count). The van der Waals surface area contributed by atoms with E-state index in [1.807, 2.05) is 25.1 Å². The maximum absolute atomic E-state index is 12.4. The van der Waals surface area contributed by atoms with E-state index in [0.29, 0.717) is 25.8 Å². The van der Waals surface area contributed by atoms with Gasteiger partial charge in [0, 0.05) is 13.0 Å². The van der Waals surface area contributed by atoms with E-state index >= 15 is 0 Å². The van der Waals surface area contributed by atoms with Gasteiger partial charge >= 0.3 is 5.97 Å². The predicted molar refractivity (Wildman–Crippen MR) is 81.1 cm³/mol. The zero-order valence-corrected chi connectivity index (χ0v) is 12.8. The van der Waals surface area contributed by atoms with E-state index in [-0.39, 0.29) is 5.91 Å². The summed E-state index contributed by atoms with van der Waals surface area (Å²) in [6.45, 7) is 4.24. The number of hydrogen-bond acceptors (Lipinski definition) is 2. The molecule has 1 heterocycles. The first-order chi connectivity index (χ1) is 9.93. The van der Waals surface area contributed by atoms with Crippen LogP contribution in [0.15, 0.2) is 24.3 Å². The number of piperidine rings is 1. The van der Waals surface area contributed by atoms with Crippen LogP contribution in [0.1, 0.15) is 43.7 Å². The van der Waals surface area contributed by atoms with Crippen molar-refractivity contribution in [2.24, 2.45) is 0 Å². The summed E-state index contributed by atoms with van der Waals surface area (Å²) in [6.07, 6.45) is 3.32. The number of carboxylic acid groups (broad SMARTS) is 1. The second kappa shape index (κ2) is 6.29. The van der Waals surface area contributed by atoms with Gasteiger partial charge in [0.25, 0.3) is 0 Å². The van der Waals surface area contributed by atoms with Crippen molar-refractivity contribution < 1.29 is 14.7 Å². The minimum absolute atomic E-state index is 0.0545. The summed E-state index contributed by atoms with van der Waals surface area (Å²) in [6, 6.07) is 8.08. The second-order valence-electron chi connectivity index (χ2n) is 6.07. The quantitative estimate of drug-likeness (QED) is 0.927. The number of nitrogens with zero attached hydrogens (tertiary/aromatic N) is 1. The van der Waals surface area contributed by atoms with Gasteiger partial charge in [0.1, 0.15) is 5.54 Å². The van der Waals surface area contributed by atoms with E-state index in [0.717, 1.165) is 18.4 Å². The summed E-state index contributed by atoms with van der Waals surface area (Å²) in [7, 11) is 0. The van der Waals surface area contributed by atoms with Gasteiger partial charge < -0.3 is 10.0 Å². The van der Waals surface area contributed by atoms with Crippen LogP contribution in [0.2, 0.25) is 0 Å². The minimum atomic E-state index is -1.04. The summed E-state index contributed by atoms with van der Waals surface area (Å²) in [4.78, 5) is 25.5. The lowest BCUT2D eigenvalue weighted by atomic mass is 9.88. The van der Waals surface area contributed by atoms with Crippen LogP contribution < -0.4 is 0 Å². The molecule has 0 spiro atoms. The molecule has 1 unspecified atom stereocenters. The Bertz CT molecular complexity index is 541. The largest absolute Gasteiger partial charge is 0.480 e. The smallest absolute Gasteiger partial charge is 0.329 e. The van der Waals surface area contributed by atoms with Crippen molar-refractivity contribution in [1.82, 2.24) is 4.90 Å². The molecule has 0 saturated carbocycles. The molecular formula is C17H23NO3. The normalized spacial score (nSPS) is 22.1. The summed E-state index contributed by atoms with van der Waals surface area (Å²) in [5.74, 6) is -0.952. The third kappa shape index (κ3) is 3.43. The molecule has 1 N–H and O–H groups in total. The highest BCUT2D eigenvalue weighted by Gasteiger charge is 2.43. The maximum atomic E-state index is 12.4. The predicted octanol–water partition coefficient (Wildman–Crippen LogP) is 2.78. The van der Waals surface area contributed by atoms with Gasteiger partial charge in [-0.15, -0.1) is 0 Å². The minimum Gasteiger partial charge on any atom is -0.480 e. The van der Waals surface area contributed by atoms with Crippen LogP contribution in [0.25, 0.3) is 0 Å². The molecule has 1 aliphatic rings. The van der Waals surface area contributed by atoms with Crippen molar-refractivity contribution in [3.8, 4) is 0 Å². The van der Waals surface area contributed by atoms with Crippen molar-refractivity contribution in [2.75, 3.05) is 6.54 Å². The number of carboxylic acids is 1. The third-order valence-electron chi connectivity index (χ3n) is 4.36. The first kappa shape index (κ1) is 15.5. The van der Waals surface area contributed by atoms with E-state index < -0.39 is 11.5 Å². The molecule has 1 fully saturated rings. The molecule has 21 heavy (non-hydrogen) atoms. The number of amides is 1. The highest BCUT2D eigenvalue weighted by Crippen LogP contribution is 2.29. The molecule has 1 aromatic rings. The Labute approximate surface area is 125 Å². The fourth-order valence-corrected chi connectivity index (χ4v) is 3.00. The Morgan fingerprint density at radius 1 is 1.33 bits per heavy atom. The standard InChI is InChI=1S/C17H23NO3/c1-13-6-5-7-14(12-13)8-9-15(19)18-11-4-3-10-17(18,2)16(20)21/h5-7,12H,3-4,8-11H2,1-2H3,(H,20,21). The Kier molecular flexibility index (Phi) is 4.66. The monoisotopic (exact) mass is 289 g/mol. The van der Waals surface area contributed by atoms with Crippen molar-refractivity contribution in [2.45, 2.75) is 51.5 Å². The van der Waals surface area contributed by atoms with Gasteiger partial charge in [0.05, 0.1) is 0 Å². The maximum Gasteiger partial charge on any atom is 0.329 e. The Balaban J connectivity index is 2.03. The molecule has 4 nitrogen and oxygen atoms in total. The van der Waals surface area contributed by atoms with Gasteiger partial charge in [-0.2, -0.15) is 0 Å². The molecule has 1 saturated heterocycles. The average molecular weight is 289 g/mol. The third-order valence-corrected chi connectivity index (χ3v) is 4.36. The van der Waals surface area contributed by atoms with Crippen LogP contribution in [0.3, 0.4) is 0 Å². The number of carbonyl (C=O) groups is 2. The topological polar surface area (TPSA) is 57.6 Å². The Morgan fingerprint density at radius 3 is 2.76 bits per heavy atom. The van der Waals surface area contributed by atoms with Gasteiger partial charge in [-0.1, -0.05) is 29.8 Å². The van der Waals surface area contributed by atoms with Gasteiger partial charge in [-0.25, -0.2) is 4.79 Å². The Morgan fingerprint density at radius 2 is 2.10 bits per heavy atom. The van der Waals surface area contributed by atoms with Crippen LogP contribution in [0.4, 0.5) is 0 Å². The molecule has 0 radical (unpaired) electrons. The van der Waals surface area contributed by atoms with Crippen molar-refractivity contribution in [3.63, 3.8) is 0 Å². The number of carbonyl (C=O) groups excluding carboxylic acids is 1. The lowest BCUT2D eigenvalue weighted by molar-refractivity contribution is -0.160. The molecule has 0 bridgehead atoms. The summed E-state index contributed by atoms with van der Waals surface area (Å²) in [5, 5.41) is 9.44. The van der Waals surface area contributed by atoms with E-state index in [9.17, 15) is 14.7 Å². The second-order valence-corrected chi connectivity index (χ2v) is 6.07. The van der Waals surface area contributed by atoms with Crippen LogP contribution >= 0.6 is 0 Å². The van der Waals surface area contributed by atoms with E-state index in [2.05, 4.69) is 6.07 Å². The number of likely N-dealkylation sites (tertiary alicyclic amines) is 1. The summed E-state index contributed by atoms with van der Waals surface area (Å²) < 4.78 is 0. The zero-order chi connectivity index (χ0) is 15.5. The van der Waals surface area contributed by atoms with Crippen LogP contribution in [-0.4, -0.2) is 34.0 Å². The lowest BCUT2D eigenvalue weighted by Gasteiger charge is -2.41. The highest BCUT2D eigenvalue weighted by molar-refractivity contribution is 5.87. The number of hydrogen-bond donors (Lipinski definition) is 1. The number of benzene rings is 1. The molecule has 4 heteroatoms. The van der Waals surface area contributed by atoms with Gasteiger partial charge in [-0.3, -0.25) is 4.79 Å². The van der Waals surface area contributed by atoms with Crippen LogP contribution in [0.5, 0.6) is 0 Å². The van der Waals surface area contributed by atoms with E-state index in [1.54, 1.807) is 11.8 Å². The molecule has 1 aromatic carbocycles. The highest BCUT2D eigenvalue weighted by atomic mass is 16.4. The Hall–Kier alpha value is -1.84. The molecule has 0 aromatic heterocycles. The fraction of sp³-hybridized carbons (Fsp3) is 0.529. The van der Waals surface area contributed by atoms with Crippen LogP contribution in [-0.2, 0) is 16.0 Å². The van der Waals surface area contributed by atoms with E-state index in [1.165, 1.54) is 5.56 Å². The number of aliphatic carboxylic acids is 1. The molecule has 0 aliphatic carbocycles. The zero-order valence-electron chi connectivity index (χ0n) is 12.8. The van der Waals surface area contributed by atoms with Crippen molar-refractivity contribution in [1.29, 1.82) is 0 Å². The summed E-state index contributed by atoms with van der Waals surface area (Å²) in [5.41, 5.74) is 1.26. The molecule has 1 aliphatic heterocycles.